The van der Waals surface area contributed by atoms with E-state index < -0.39 is 0 Å². The van der Waals surface area contributed by atoms with Crippen LogP contribution in [0.3, 0.4) is 0 Å². The summed E-state index contributed by atoms with van der Waals surface area (Å²) in [6.07, 6.45) is 2.96. The fourth-order valence-electron chi connectivity index (χ4n) is 4.43. The van der Waals surface area contributed by atoms with E-state index in [1.165, 1.54) is 16.2 Å². The molecule has 4 nitrogen and oxygen atoms in total. The Hall–Kier alpha value is -2.53. The topological polar surface area (TPSA) is 40.6 Å². The second-order valence-electron chi connectivity index (χ2n) is 9.00. The van der Waals surface area contributed by atoms with Crippen LogP contribution in [-0.4, -0.2) is 28.6 Å². The summed E-state index contributed by atoms with van der Waals surface area (Å²) in [6, 6.07) is 14.0. The van der Waals surface area contributed by atoms with E-state index in [9.17, 15) is 9.59 Å². The minimum absolute atomic E-state index is 0.112. The Morgan fingerprint density at radius 1 is 1.17 bits per heavy atom. The number of amides is 2. The van der Waals surface area contributed by atoms with Crippen molar-refractivity contribution in [3.63, 3.8) is 0 Å². The molecule has 0 radical (unpaired) electrons. The van der Waals surface area contributed by atoms with Crippen molar-refractivity contribution < 1.29 is 9.59 Å². The number of hydrogen-bond donors (Lipinski definition) is 0. The van der Waals surface area contributed by atoms with Crippen LogP contribution in [-0.2, 0) is 11.3 Å². The highest BCUT2D eigenvalue weighted by Gasteiger charge is 2.36. The van der Waals surface area contributed by atoms with Crippen molar-refractivity contribution in [2.45, 2.75) is 52.1 Å². The van der Waals surface area contributed by atoms with Gasteiger partial charge in [0, 0.05) is 18.3 Å². The highest BCUT2D eigenvalue weighted by molar-refractivity contribution is 8.18. The number of hydrogen-bond acceptors (Lipinski definition) is 4. The summed E-state index contributed by atoms with van der Waals surface area (Å²) in [5.41, 5.74) is 5.74. The number of benzene rings is 2. The highest BCUT2D eigenvalue weighted by Crippen LogP contribution is 2.44. The van der Waals surface area contributed by atoms with Crippen LogP contribution in [0.15, 0.2) is 47.4 Å². The molecule has 0 spiro atoms. The lowest BCUT2D eigenvalue weighted by atomic mass is 9.79. The average Bonchev–Trinajstić information content (AvgIpc) is 2.95. The molecule has 1 atom stereocenters. The number of rotatable bonds is 3. The van der Waals surface area contributed by atoms with E-state index in [4.69, 9.17) is 0 Å². The first-order valence-electron chi connectivity index (χ1n) is 10.3. The van der Waals surface area contributed by atoms with Gasteiger partial charge in [-0.2, -0.15) is 0 Å². The van der Waals surface area contributed by atoms with Gasteiger partial charge < -0.3 is 4.90 Å². The second-order valence-corrected chi connectivity index (χ2v) is 9.99. The molecule has 4 rings (SSSR count). The van der Waals surface area contributed by atoms with Crippen molar-refractivity contribution >= 4 is 34.7 Å². The lowest BCUT2D eigenvalue weighted by molar-refractivity contribution is -0.123. The zero-order chi connectivity index (χ0) is 21.6. The summed E-state index contributed by atoms with van der Waals surface area (Å²) in [6.45, 7) is 9.20. The third-order valence-corrected chi connectivity index (χ3v) is 7.27. The van der Waals surface area contributed by atoms with Crippen LogP contribution in [0.2, 0.25) is 0 Å². The monoisotopic (exact) mass is 420 g/mol. The van der Waals surface area contributed by atoms with Crippen molar-refractivity contribution in [1.82, 2.24) is 4.90 Å². The van der Waals surface area contributed by atoms with Crippen LogP contribution in [0.5, 0.6) is 0 Å². The lowest BCUT2D eigenvalue weighted by Crippen LogP contribution is -2.45. The van der Waals surface area contributed by atoms with E-state index in [1.54, 1.807) is 0 Å². The fraction of sp³-hybridized carbons (Fsp3) is 0.360. The van der Waals surface area contributed by atoms with E-state index in [0.717, 1.165) is 34.9 Å². The van der Waals surface area contributed by atoms with E-state index in [0.29, 0.717) is 17.4 Å². The zero-order valence-corrected chi connectivity index (χ0v) is 19.0. The van der Waals surface area contributed by atoms with E-state index in [-0.39, 0.29) is 16.7 Å². The van der Waals surface area contributed by atoms with Gasteiger partial charge in [-0.15, -0.1) is 0 Å². The van der Waals surface area contributed by atoms with E-state index in [2.05, 4.69) is 51.8 Å². The highest BCUT2D eigenvalue weighted by atomic mass is 32.2. The molecular weight excluding hydrogens is 392 g/mol. The number of fused-ring (bicyclic) bond motifs is 1. The van der Waals surface area contributed by atoms with Gasteiger partial charge in [0.1, 0.15) is 0 Å². The molecule has 1 unspecified atom stereocenters. The number of aryl methyl sites for hydroxylation is 1. The van der Waals surface area contributed by atoms with Crippen LogP contribution >= 0.6 is 11.8 Å². The van der Waals surface area contributed by atoms with Gasteiger partial charge in [0.25, 0.3) is 11.1 Å². The molecule has 30 heavy (non-hydrogen) atoms. The Morgan fingerprint density at radius 3 is 2.57 bits per heavy atom. The van der Waals surface area contributed by atoms with Crippen LogP contribution < -0.4 is 4.90 Å². The zero-order valence-electron chi connectivity index (χ0n) is 18.2. The number of imide groups is 1. The third kappa shape index (κ3) is 3.67. The molecule has 2 aliphatic heterocycles. The smallest absolute Gasteiger partial charge is 0.293 e. The lowest BCUT2D eigenvalue weighted by Gasteiger charge is -2.45. The summed E-state index contributed by atoms with van der Waals surface area (Å²) >= 11 is 1.03. The molecule has 5 heteroatoms. The van der Waals surface area contributed by atoms with Gasteiger partial charge in [0.2, 0.25) is 0 Å². The molecule has 0 bridgehead atoms. The fourth-order valence-corrected chi connectivity index (χ4v) is 5.26. The average molecular weight is 421 g/mol. The largest absolute Gasteiger partial charge is 0.369 e. The molecule has 2 aromatic rings. The molecule has 2 aromatic carbocycles. The Labute approximate surface area is 182 Å². The maximum absolute atomic E-state index is 12.9. The first kappa shape index (κ1) is 20.7. The number of nitrogens with zero attached hydrogens (tertiary/aromatic N) is 2. The molecule has 1 saturated heterocycles. The molecule has 0 aliphatic carbocycles. The molecule has 2 amide bonds. The molecule has 0 aromatic heterocycles. The van der Waals surface area contributed by atoms with Gasteiger partial charge in [-0.1, -0.05) is 37.3 Å². The number of thioether (sulfide) groups is 1. The summed E-state index contributed by atoms with van der Waals surface area (Å²) in [7, 11) is 2.15. The SMILES string of the molecule is Cc1cc2c(cc1/C=C1\SC(=O)N(Cc3ccccc3)C1=O)C(C)CC(C)(C)N2C. The molecule has 156 valence electrons. The first-order chi connectivity index (χ1) is 14.2. The van der Waals surface area contributed by atoms with Crippen molar-refractivity contribution in [3.8, 4) is 0 Å². The predicted molar refractivity (Wildman–Crippen MR) is 125 cm³/mol. The Bertz CT molecular complexity index is 1040. The minimum atomic E-state index is -0.211. The van der Waals surface area contributed by atoms with Gasteiger partial charge in [0.05, 0.1) is 11.4 Å². The molecule has 0 N–H and O–H groups in total. The first-order valence-corrected chi connectivity index (χ1v) is 11.2. The summed E-state index contributed by atoms with van der Waals surface area (Å²) < 4.78 is 0. The van der Waals surface area contributed by atoms with Crippen LogP contribution in [0, 0.1) is 6.92 Å². The van der Waals surface area contributed by atoms with E-state index in [1.807, 2.05) is 36.4 Å². The molecule has 1 fully saturated rings. The summed E-state index contributed by atoms with van der Waals surface area (Å²) in [5.74, 6) is 0.226. The third-order valence-electron chi connectivity index (χ3n) is 6.37. The van der Waals surface area contributed by atoms with Gasteiger partial charge in [0.15, 0.2) is 0 Å². The Morgan fingerprint density at radius 2 is 1.87 bits per heavy atom. The van der Waals surface area contributed by atoms with Crippen molar-refractivity contribution in [2.24, 2.45) is 0 Å². The van der Waals surface area contributed by atoms with Crippen LogP contribution in [0.1, 0.15) is 55.4 Å². The number of carbonyl (C=O) groups excluding carboxylic acids is 2. The molecule has 2 aliphatic rings. The van der Waals surface area contributed by atoms with Gasteiger partial charge in [-0.25, -0.2) is 0 Å². The van der Waals surface area contributed by atoms with Gasteiger partial charge in [-0.3, -0.25) is 14.5 Å². The van der Waals surface area contributed by atoms with Crippen molar-refractivity contribution in [2.75, 3.05) is 11.9 Å². The number of carbonyl (C=O) groups is 2. The standard InChI is InChI=1S/C25H28N2O2S/c1-16-11-21-20(17(2)14-25(3,4)26(21)5)12-19(16)13-22-23(28)27(24(29)30-22)15-18-9-7-6-8-10-18/h6-13,17H,14-15H2,1-5H3/b22-13-. The van der Waals surface area contributed by atoms with E-state index >= 15 is 0 Å². The molecular formula is C25H28N2O2S. The Kier molecular flexibility index (Phi) is 5.27. The van der Waals surface area contributed by atoms with Crippen LogP contribution in [0.4, 0.5) is 10.5 Å². The molecule has 0 saturated carbocycles. The maximum Gasteiger partial charge on any atom is 0.293 e. The minimum Gasteiger partial charge on any atom is -0.369 e. The summed E-state index contributed by atoms with van der Waals surface area (Å²) in [5, 5.41) is -0.208. The second kappa shape index (κ2) is 7.62. The van der Waals surface area contributed by atoms with Crippen LogP contribution in [0.25, 0.3) is 6.08 Å². The van der Waals surface area contributed by atoms with Crippen molar-refractivity contribution in [1.29, 1.82) is 0 Å². The van der Waals surface area contributed by atoms with Gasteiger partial charge in [-0.05, 0) is 85.3 Å². The van der Waals surface area contributed by atoms with Crippen molar-refractivity contribution in [3.05, 3.63) is 69.6 Å². The Balaban J connectivity index is 1.65. The predicted octanol–water partition coefficient (Wildman–Crippen LogP) is 5.95. The van der Waals surface area contributed by atoms with Gasteiger partial charge >= 0.3 is 0 Å². The maximum atomic E-state index is 12.9. The number of anilines is 1. The molecule has 2 heterocycles. The normalized spacial score (nSPS) is 22.0. The quantitative estimate of drug-likeness (QED) is 0.575. The summed E-state index contributed by atoms with van der Waals surface area (Å²) in [4.78, 5) is 29.6.